The van der Waals surface area contributed by atoms with Gasteiger partial charge >= 0.3 is 0 Å². The van der Waals surface area contributed by atoms with Crippen molar-refractivity contribution < 1.29 is 0 Å². The molecule has 2 aromatic heterocycles. The summed E-state index contributed by atoms with van der Waals surface area (Å²) in [7, 11) is 0. The van der Waals surface area contributed by atoms with Crippen molar-refractivity contribution in [1.29, 1.82) is 0 Å². The summed E-state index contributed by atoms with van der Waals surface area (Å²) in [6.07, 6.45) is 18.7. The third kappa shape index (κ3) is 6.81. The molecule has 2 aliphatic carbocycles. The van der Waals surface area contributed by atoms with Crippen molar-refractivity contribution in [3.8, 4) is 0 Å². The van der Waals surface area contributed by atoms with E-state index in [1.165, 1.54) is 105 Å². The van der Waals surface area contributed by atoms with Crippen molar-refractivity contribution >= 4 is 16.6 Å². The topological polar surface area (TPSA) is 69.8 Å². The summed E-state index contributed by atoms with van der Waals surface area (Å²) in [4.78, 5) is 19.6. The maximum Gasteiger partial charge on any atom is 0.248 e. The Balaban J connectivity index is 0.936. The number of hydrogen-bond acceptors (Lipinski definition) is 4. The van der Waals surface area contributed by atoms with Gasteiger partial charge in [-0.05, 0) is 81.5 Å². The van der Waals surface area contributed by atoms with Gasteiger partial charge in [0.15, 0.2) is 0 Å². The minimum Gasteiger partial charge on any atom is -0.384 e. The smallest absolute Gasteiger partial charge is 0.248 e. The predicted octanol–water partition coefficient (Wildman–Crippen LogP) is 7.00. The highest BCUT2D eigenvalue weighted by molar-refractivity contribution is 5.93. The molecule has 0 saturated carbocycles. The van der Waals surface area contributed by atoms with Crippen LogP contribution in [0.15, 0.2) is 41.2 Å². The van der Waals surface area contributed by atoms with Crippen LogP contribution in [0.3, 0.4) is 0 Å². The highest BCUT2D eigenvalue weighted by atomic mass is 16.1. The zero-order valence-electron chi connectivity index (χ0n) is 22.4. The van der Waals surface area contributed by atoms with Crippen molar-refractivity contribution in [2.45, 2.75) is 102 Å². The number of aromatic nitrogens is 2. The molecule has 37 heavy (non-hydrogen) atoms. The molecule has 0 fully saturated rings. The molecular formula is C32H44N4O. The van der Waals surface area contributed by atoms with E-state index in [-0.39, 0.29) is 5.56 Å². The molecule has 5 rings (SSSR count). The van der Waals surface area contributed by atoms with Gasteiger partial charge in [0.05, 0.1) is 5.52 Å². The van der Waals surface area contributed by atoms with Crippen LogP contribution in [0.2, 0.25) is 0 Å². The summed E-state index contributed by atoms with van der Waals surface area (Å²) in [6.45, 7) is 2.13. The first-order valence-electron chi connectivity index (χ1n) is 14.9. The highest BCUT2D eigenvalue weighted by Gasteiger charge is 2.20. The Morgan fingerprint density at radius 1 is 0.811 bits per heavy atom. The van der Waals surface area contributed by atoms with Gasteiger partial charge in [-0.2, -0.15) is 0 Å². The standard InChI is InChI=1S/C32H44N4O/c37-31-21-20-24-27(18-13-19-28(24)36-31)33-22-11-5-3-1-2-4-6-12-23-34-32-25-14-7-9-16-29(25)35-30-17-10-8-15-26(30)32/h7,9,14,16,20-21,27,33H,1-6,8,10-13,15,17-19,22-23H2,(H,34,35)(H,36,37)/t27-/m0/s1. The van der Waals surface area contributed by atoms with Crippen LogP contribution in [0.1, 0.15) is 106 Å². The zero-order valence-corrected chi connectivity index (χ0v) is 22.4. The van der Waals surface area contributed by atoms with E-state index in [0.717, 1.165) is 43.6 Å². The maximum absolute atomic E-state index is 11.6. The number of fused-ring (bicyclic) bond motifs is 3. The monoisotopic (exact) mass is 500 g/mol. The van der Waals surface area contributed by atoms with Crippen LogP contribution in [-0.2, 0) is 19.3 Å². The Morgan fingerprint density at radius 2 is 1.57 bits per heavy atom. The molecule has 0 aliphatic heterocycles. The number of hydrogen-bond donors (Lipinski definition) is 3. The number of aromatic amines is 1. The fraction of sp³-hybridized carbons (Fsp3) is 0.562. The van der Waals surface area contributed by atoms with E-state index in [4.69, 9.17) is 4.98 Å². The fourth-order valence-corrected chi connectivity index (χ4v) is 6.29. The number of H-pyrrole nitrogens is 1. The number of para-hydroxylation sites is 1. The van der Waals surface area contributed by atoms with Gasteiger partial charge in [0.2, 0.25) is 5.56 Å². The van der Waals surface area contributed by atoms with Gasteiger partial charge in [-0.1, -0.05) is 62.8 Å². The van der Waals surface area contributed by atoms with Crippen LogP contribution in [-0.4, -0.2) is 23.1 Å². The Morgan fingerprint density at radius 3 is 2.43 bits per heavy atom. The fourth-order valence-electron chi connectivity index (χ4n) is 6.29. The molecule has 1 atom stereocenters. The average molecular weight is 501 g/mol. The van der Waals surface area contributed by atoms with Gasteiger partial charge in [-0.25, -0.2) is 0 Å². The van der Waals surface area contributed by atoms with E-state index in [2.05, 4.69) is 39.9 Å². The molecule has 1 aromatic carbocycles. The molecule has 0 spiro atoms. The van der Waals surface area contributed by atoms with E-state index in [0.29, 0.717) is 6.04 Å². The SMILES string of the molecule is O=c1ccc2c([nH]1)CCC[C@@H]2NCCCCCCCCCCNc1c2c(nc3ccccc13)CCCC2. The van der Waals surface area contributed by atoms with Crippen LogP contribution in [0.5, 0.6) is 0 Å². The van der Waals surface area contributed by atoms with Crippen LogP contribution >= 0.6 is 0 Å². The molecule has 0 saturated heterocycles. The van der Waals surface area contributed by atoms with Crippen molar-refractivity contribution in [3.05, 3.63) is 69.3 Å². The molecule has 3 N–H and O–H groups in total. The highest BCUT2D eigenvalue weighted by Crippen LogP contribution is 2.33. The van der Waals surface area contributed by atoms with Gasteiger partial charge in [0.1, 0.15) is 0 Å². The van der Waals surface area contributed by atoms with Crippen molar-refractivity contribution in [1.82, 2.24) is 15.3 Å². The lowest BCUT2D eigenvalue weighted by molar-refractivity contribution is 0.442. The molecule has 0 unspecified atom stereocenters. The van der Waals surface area contributed by atoms with Crippen molar-refractivity contribution in [2.24, 2.45) is 0 Å². The number of rotatable bonds is 13. The van der Waals surface area contributed by atoms with Crippen LogP contribution in [0.4, 0.5) is 5.69 Å². The normalized spacial score (nSPS) is 16.9. The van der Waals surface area contributed by atoms with Gasteiger partial charge in [-0.15, -0.1) is 0 Å². The number of unbranched alkanes of at least 4 members (excludes halogenated alkanes) is 7. The molecule has 5 heteroatoms. The number of pyridine rings is 2. The van der Waals surface area contributed by atoms with Crippen LogP contribution in [0.25, 0.3) is 10.9 Å². The van der Waals surface area contributed by atoms with E-state index in [1.807, 2.05) is 6.07 Å². The summed E-state index contributed by atoms with van der Waals surface area (Å²) >= 11 is 0. The largest absolute Gasteiger partial charge is 0.384 e. The second-order valence-corrected chi connectivity index (χ2v) is 11.0. The Labute approximate surface area is 221 Å². The second-order valence-electron chi connectivity index (χ2n) is 11.0. The van der Waals surface area contributed by atoms with Crippen molar-refractivity contribution in [3.63, 3.8) is 0 Å². The molecule has 0 amide bonds. The Kier molecular flexibility index (Phi) is 9.28. The molecule has 2 heterocycles. The Hall–Kier alpha value is -2.66. The molecule has 198 valence electrons. The van der Waals surface area contributed by atoms with Crippen molar-refractivity contribution in [2.75, 3.05) is 18.4 Å². The van der Waals surface area contributed by atoms with E-state index in [9.17, 15) is 4.79 Å². The third-order valence-electron chi connectivity index (χ3n) is 8.30. The first-order valence-corrected chi connectivity index (χ1v) is 14.9. The lowest BCUT2D eigenvalue weighted by atomic mass is 9.91. The summed E-state index contributed by atoms with van der Waals surface area (Å²) in [5.41, 5.74) is 7.76. The number of aryl methyl sites for hydroxylation is 2. The first-order chi connectivity index (χ1) is 18.3. The minimum absolute atomic E-state index is 0.0246. The zero-order chi connectivity index (χ0) is 25.3. The average Bonchev–Trinajstić information content (AvgIpc) is 2.93. The summed E-state index contributed by atoms with van der Waals surface area (Å²) in [6, 6.07) is 12.7. The van der Waals surface area contributed by atoms with Gasteiger partial charge in [0, 0.05) is 41.1 Å². The van der Waals surface area contributed by atoms with Gasteiger partial charge < -0.3 is 15.6 Å². The van der Waals surface area contributed by atoms with E-state index < -0.39 is 0 Å². The Bertz CT molecular complexity index is 1220. The summed E-state index contributed by atoms with van der Waals surface area (Å²) < 4.78 is 0. The minimum atomic E-state index is 0.0246. The third-order valence-corrected chi connectivity index (χ3v) is 8.30. The summed E-state index contributed by atoms with van der Waals surface area (Å²) in [5, 5.41) is 8.84. The molecule has 5 nitrogen and oxygen atoms in total. The van der Waals surface area contributed by atoms with Gasteiger partial charge in [-0.3, -0.25) is 9.78 Å². The van der Waals surface area contributed by atoms with Crippen LogP contribution in [0, 0.1) is 0 Å². The lowest BCUT2D eigenvalue weighted by Crippen LogP contribution is -2.28. The van der Waals surface area contributed by atoms with Gasteiger partial charge in [0.25, 0.3) is 0 Å². The molecular weight excluding hydrogens is 456 g/mol. The lowest BCUT2D eigenvalue weighted by Gasteiger charge is -2.26. The van der Waals surface area contributed by atoms with Crippen LogP contribution < -0.4 is 16.2 Å². The number of anilines is 1. The molecule has 3 aromatic rings. The number of benzene rings is 1. The van der Waals surface area contributed by atoms with E-state index in [1.54, 1.807) is 6.07 Å². The number of nitrogens with zero attached hydrogens (tertiary/aromatic N) is 1. The number of nitrogens with one attached hydrogen (secondary N) is 3. The molecule has 0 radical (unpaired) electrons. The first kappa shape index (κ1) is 26.0. The second kappa shape index (κ2) is 13.2. The maximum atomic E-state index is 11.6. The predicted molar refractivity (Wildman–Crippen MR) is 155 cm³/mol. The van der Waals surface area contributed by atoms with E-state index >= 15 is 0 Å². The molecule has 2 aliphatic rings. The quantitative estimate of drug-likeness (QED) is 0.221. The summed E-state index contributed by atoms with van der Waals surface area (Å²) in [5.74, 6) is 0. The molecule has 0 bridgehead atoms.